The third-order valence-corrected chi connectivity index (χ3v) is 1.19. The smallest absolute Gasteiger partial charge is 0.375 e. The van der Waals surface area contributed by atoms with E-state index in [4.69, 9.17) is 4.89 Å². The van der Waals surface area contributed by atoms with Crippen LogP contribution in [0.1, 0.15) is 0 Å². The van der Waals surface area contributed by atoms with Crippen LogP contribution >= 0.6 is 7.60 Å². The second-order valence-electron chi connectivity index (χ2n) is 1.73. The van der Waals surface area contributed by atoms with Crippen molar-refractivity contribution in [2.75, 3.05) is 6.66 Å². The molecule has 0 aliphatic heterocycles. The third-order valence-electron chi connectivity index (χ3n) is 0.674. The first-order valence-electron chi connectivity index (χ1n) is 2.48. The van der Waals surface area contributed by atoms with Crippen molar-refractivity contribution >= 4 is 7.60 Å². The van der Waals surface area contributed by atoms with E-state index in [0.29, 0.717) is 0 Å². The van der Waals surface area contributed by atoms with Gasteiger partial charge in [-0.1, -0.05) is 5.16 Å². The molecule has 0 aliphatic rings. The average molecular weight is 163 g/mol. The van der Waals surface area contributed by atoms with Gasteiger partial charge in [0.25, 0.3) is 0 Å². The fraction of sp³-hybridized carbons (Fsp3) is 0.250. The molecule has 6 heteroatoms. The predicted octanol–water partition coefficient (Wildman–Crippen LogP) is 0.869. The Balaban J connectivity index is 2.66. The molecule has 0 aromatic carbocycles. The summed E-state index contributed by atoms with van der Waals surface area (Å²) in [5.41, 5.74) is 0. The van der Waals surface area contributed by atoms with Crippen molar-refractivity contribution in [3.05, 3.63) is 12.3 Å². The molecule has 1 aromatic rings. The zero-order valence-corrected chi connectivity index (χ0v) is 6.12. The summed E-state index contributed by atoms with van der Waals surface area (Å²) in [5.74, 6) is -0.0478. The van der Waals surface area contributed by atoms with Crippen molar-refractivity contribution in [2.24, 2.45) is 0 Å². The van der Waals surface area contributed by atoms with Crippen LogP contribution in [0.5, 0.6) is 5.95 Å². The van der Waals surface area contributed by atoms with Crippen LogP contribution in [0.3, 0.4) is 0 Å². The molecule has 1 unspecified atom stereocenters. The SMILES string of the molecule is CP(=O)(O)Oc1ccno1. The molecule has 1 N–H and O–H groups in total. The average Bonchev–Trinajstić information content (AvgIpc) is 2.12. The molecule has 0 aliphatic carbocycles. The van der Waals surface area contributed by atoms with E-state index in [0.717, 1.165) is 6.66 Å². The van der Waals surface area contributed by atoms with Crippen molar-refractivity contribution in [1.29, 1.82) is 0 Å². The highest BCUT2D eigenvalue weighted by molar-refractivity contribution is 7.52. The summed E-state index contributed by atoms with van der Waals surface area (Å²) in [6.45, 7) is 1.07. The maximum Gasteiger partial charge on any atom is 0.375 e. The lowest BCUT2D eigenvalue weighted by Gasteiger charge is -2.02. The Labute approximate surface area is 57.1 Å². The summed E-state index contributed by atoms with van der Waals surface area (Å²) in [4.78, 5) is 8.64. The van der Waals surface area contributed by atoms with Gasteiger partial charge in [0.15, 0.2) is 0 Å². The van der Waals surface area contributed by atoms with Gasteiger partial charge in [-0.3, -0.25) is 0 Å². The molecule has 1 aromatic heterocycles. The first-order chi connectivity index (χ1) is 4.58. The fourth-order valence-electron chi connectivity index (χ4n) is 0.418. The molecular weight excluding hydrogens is 157 g/mol. The molecule has 0 amide bonds. The molecule has 1 atom stereocenters. The zero-order chi connectivity index (χ0) is 7.61. The van der Waals surface area contributed by atoms with E-state index >= 15 is 0 Å². The van der Waals surface area contributed by atoms with Crippen LogP contribution in [-0.4, -0.2) is 16.7 Å². The third kappa shape index (κ3) is 2.21. The van der Waals surface area contributed by atoms with E-state index < -0.39 is 7.60 Å². The first kappa shape index (κ1) is 7.31. The van der Waals surface area contributed by atoms with Gasteiger partial charge in [0.05, 0.1) is 6.20 Å². The lowest BCUT2D eigenvalue weighted by Crippen LogP contribution is -1.86. The van der Waals surface area contributed by atoms with Gasteiger partial charge in [0.2, 0.25) is 0 Å². The summed E-state index contributed by atoms with van der Waals surface area (Å²) < 4.78 is 19.4. The number of rotatable bonds is 2. The molecule has 0 saturated heterocycles. The van der Waals surface area contributed by atoms with Gasteiger partial charge in [-0.2, -0.15) is 0 Å². The summed E-state index contributed by atoms with van der Waals surface area (Å²) in [6, 6.07) is 1.35. The fourth-order valence-corrected chi connectivity index (χ4v) is 0.846. The maximum atomic E-state index is 10.5. The van der Waals surface area contributed by atoms with E-state index in [2.05, 4.69) is 14.2 Å². The summed E-state index contributed by atoms with van der Waals surface area (Å²) in [7, 11) is -3.49. The molecule has 0 spiro atoms. The normalized spacial score (nSPS) is 16.2. The largest absolute Gasteiger partial charge is 0.390 e. The Morgan fingerprint density at radius 2 is 2.60 bits per heavy atom. The van der Waals surface area contributed by atoms with Crippen molar-refractivity contribution in [3.8, 4) is 5.95 Å². The summed E-state index contributed by atoms with van der Waals surface area (Å²) in [6.07, 6.45) is 1.32. The van der Waals surface area contributed by atoms with Crippen LogP contribution in [0.4, 0.5) is 0 Å². The Kier molecular flexibility index (Phi) is 1.78. The number of nitrogens with zero attached hydrogens (tertiary/aromatic N) is 1. The second-order valence-corrected chi connectivity index (χ2v) is 3.51. The predicted molar refractivity (Wildman–Crippen MR) is 32.9 cm³/mol. The van der Waals surface area contributed by atoms with Gasteiger partial charge in [-0.15, -0.1) is 0 Å². The molecule has 56 valence electrons. The standard InChI is InChI=1S/C4H6NO4P/c1-10(6,7)9-4-2-3-5-8-4/h2-3H,1H3,(H,6,7). The minimum Gasteiger partial charge on any atom is -0.390 e. The highest BCUT2D eigenvalue weighted by atomic mass is 31.2. The monoisotopic (exact) mass is 163 g/mol. The number of hydrogen-bond donors (Lipinski definition) is 1. The van der Waals surface area contributed by atoms with Crippen LogP contribution in [0.2, 0.25) is 0 Å². The maximum absolute atomic E-state index is 10.5. The molecule has 0 radical (unpaired) electrons. The molecular formula is C4H6NO4P. The minimum atomic E-state index is -3.49. The molecule has 0 fully saturated rings. The van der Waals surface area contributed by atoms with Crippen LogP contribution < -0.4 is 4.52 Å². The van der Waals surface area contributed by atoms with Gasteiger partial charge < -0.3 is 13.9 Å². The Morgan fingerprint density at radius 3 is 3.00 bits per heavy atom. The van der Waals surface area contributed by atoms with Crippen LogP contribution in [-0.2, 0) is 4.57 Å². The van der Waals surface area contributed by atoms with E-state index in [1.807, 2.05) is 0 Å². The lowest BCUT2D eigenvalue weighted by atomic mass is 10.7. The second kappa shape index (κ2) is 2.44. The highest BCUT2D eigenvalue weighted by Crippen LogP contribution is 2.37. The number of hydrogen-bond acceptors (Lipinski definition) is 4. The first-order valence-corrected chi connectivity index (χ1v) is 4.51. The Morgan fingerprint density at radius 1 is 1.90 bits per heavy atom. The van der Waals surface area contributed by atoms with E-state index in [1.54, 1.807) is 0 Å². The topological polar surface area (TPSA) is 72.6 Å². The van der Waals surface area contributed by atoms with Crippen molar-refractivity contribution in [3.63, 3.8) is 0 Å². The Hall–Kier alpha value is -0.800. The van der Waals surface area contributed by atoms with Crippen LogP contribution in [0.15, 0.2) is 16.8 Å². The molecule has 10 heavy (non-hydrogen) atoms. The Bertz CT molecular complexity index is 238. The molecule has 1 rings (SSSR count). The molecule has 5 nitrogen and oxygen atoms in total. The molecule has 1 heterocycles. The highest BCUT2D eigenvalue weighted by Gasteiger charge is 2.13. The number of aromatic nitrogens is 1. The molecule has 0 saturated carbocycles. The van der Waals surface area contributed by atoms with Gasteiger partial charge in [0.1, 0.15) is 0 Å². The quantitative estimate of drug-likeness (QED) is 0.654. The van der Waals surface area contributed by atoms with Crippen molar-refractivity contribution in [2.45, 2.75) is 0 Å². The lowest BCUT2D eigenvalue weighted by molar-refractivity contribution is 0.291. The van der Waals surface area contributed by atoms with Crippen LogP contribution in [0.25, 0.3) is 0 Å². The van der Waals surface area contributed by atoms with E-state index in [-0.39, 0.29) is 5.95 Å². The summed E-state index contributed by atoms with van der Waals surface area (Å²) in [5, 5.41) is 3.27. The van der Waals surface area contributed by atoms with Gasteiger partial charge in [-0.25, -0.2) is 4.57 Å². The van der Waals surface area contributed by atoms with Crippen LogP contribution in [0, 0.1) is 0 Å². The van der Waals surface area contributed by atoms with E-state index in [1.165, 1.54) is 12.3 Å². The molecule has 0 bridgehead atoms. The van der Waals surface area contributed by atoms with Gasteiger partial charge >= 0.3 is 13.5 Å². The van der Waals surface area contributed by atoms with Gasteiger partial charge in [0, 0.05) is 12.7 Å². The summed E-state index contributed by atoms with van der Waals surface area (Å²) >= 11 is 0. The van der Waals surface area contributed by atoms with Gasteiger partial charge in [-0.05, 0) is 0 Å². The van der Waals surface area contributed by atoms with E-state index in [9.17, 15) is 4.57 Å². The minimum absolute atomic E-state index is 0.0478. The zero-order valence-electron chi connectivity index (χ0n) is 5.22. The van der Waals surface area contributed by atoms with Crippen molar-refractivity contribution < 1.29 is 18.5 Å². The van der Waals surface area contributed by atoms with Crippen molar-refractivity contribution in [1.82, 2.24) is 5.16 Å².